The van der Waals surface area contributed by atoms with Crippen molar-refractivity contribution in [3.63, 3.8) is 0 Å². The molecule has 3 heterocycles. The second-order valence-electron chi connectivity index (χ2n) is 7.22. The number of aromatic nitrogens is 4. The van der Waals surface area contributed by atoms with Crippen molar-refractivity contribution in [3.05, 3.63) is 30.3 Å². The van der Waals surface area contributed by atoms with E-state index in [2.05, 4.69) is 15.5 Å². The van der Waals surface area contributed by atoms with E-state index < -0.39 is 9.84 Å². The van der Waals surface area contributed by atoms with Gasteiger partial charge in [0, 0.05) is 12.3 Å². The van der Waals surface area contributed by atoms with Crippen molar-refractivity contribution in [1.82, 2.24) is 20.2 Å². The molecule has 0 spiro atoms. The van der Waals surface area contributed by atoms with E-state index in [0.717, 1.165) is 19.4 Å². The van der Waals surface area contributed by atoms with E-state index in [1.165, 1.54) is 11.8 Å². The fourth-order valence-electron chi connectivity index (χ4n) is 3.72. The molecule has 1 aromatic carbocycles. The summed E-state index contributed by atoms with van der Waals surface area (Å²) < 4.78 is 31.2. The molecule has 11 heteroatoms. The summed E-state index contributed by atoms with van der Waals surface area (Å²) in [4.78, 5) is 14.7. The van der Waals surface area contributed by atoms with E-state index in [9.17, 15) is 13.2 Å². The van der Waals surface area contributed by atoms with Gasteiger partial charge < -0.3 is 9.64 Å². The first-order valence-electron chi connectivity index (χ1n) is 9.60. The minimum absolute atomic E-state index is 0.00490. The Morgan fingerprint density at radius 1 is 1.28 bits per heavy atom. The van der Waals surface area contributed by atoms with Gasteiger partial charge in [0.25, 0.3) is 0 Å². The van der Waals surface area contributed by atoms with Crippen molar-refractivity contribution in [1.29, 1.82) is 0 Å². The fourth-order valence-corrected chi connectivity index (χ4v) is 6.16. The monoisotopic (exact) mass is 437 g/mol. The number of amides is 1. The summed E-state index contributed by atoms with van der Waals surface area (Å²) in [6.07, 6.45) is 2.55. The van der Waals surface area contributed by atoms with Crippen LogP contribution in [0, 0.1) is 0 Å². The van der Waals surface area contributed by atoms with Gasteiger partial charge in [-0.1, -0.05) is 30.0 Å². The van der Waals surface area contributed by atoms with E-state index in [-0.39, 0.29) is 35.3 Å². The summed E-state index contributed by atoms with van der Waals surface area (Å²) in [5.74, 6) is 0.0722. The Kier molecular flexibility index (Phi) is 6.16. The van der Waals surface area contributed by atoms with Gasteiger partial charge in [-0.3, -0.25) is 4.79 Å². The second kappa shape index (κ2) is 8.80. The van der Waals surface area contributed by atoms with E-state index >= 15 is 0 Å². The lowest BCUT2D eigenvalue weighted by molar-refractivity contribution is -0.116. The topological polar surface area (TPSA) is 107 Å². The lowest BCUT2D eigenvalue weighted by Crippen LogP contribution is -2.42. The maximum absolute atomic E-state index is 13.1. The summed E-state index contributed by atoms with van der Waals surface area (Å²) in [7, 11) is -3.11. The molecule has 1 aromatic heterocycles. The maximum Gasteiger partial charge on any atom is 0.237 e. The predicted octanol–water partition coefficient (Wildman–Crippen LogP) is 1.16. The first-order valence-corrected chi connectivity index (χ1v) is 12.4. The number of benzene rings is 1. The number of thioether (sulfide) groups is 1. The standard InChI is InChI=1S/C18H23N5O4S2/c24-17(12-28-18-19-20-21-22(18)11-16-7-4-9-27-16)23(14-5-2-1-3-6-14)15-8-10-29(25,26)13-15/h1-3,5-6,15-16H,4,7-13H2/t15-,16+/m1/s1. The molecule has 9 nitrogen and oxygen atoms in total. The zero-order chi connectivity index (χ0) is 20.3. The number of nitrogens with zero attached hydrogens (tertiary/aromatic N) is 5. The van der Waals surface area contributed by atoms with Crippen LogP contribution in [-0.2, 0) is 25.9 Å². The minimum atomic E-state index is -3.11. The van der Waals surface area contributed by atoms with E-state index in [1.807, 2.05) is 30.3 Å². The molecule has 156 valence electrons. The van der Waals surface area contributed by atoms with Crippen molar-refractivity contribution < 1.29 is 17.9 Å². The van der Waals surface area contributed by atoms with Gasteiger partial charge in [-0.25, -0.2) is 13.1 Å². The van der Waals surface area contributed by atoms with Crippen LogP contribution in [0.4, 0.5) is 5.69 Å². The average Bonchev–Trinajstić information content (AvgIpc) is 3.44. The van der Waals surface area contributed by atoms with Crippen molar-refractivity contribution in [2.45, 2.75) is 43.1 Å². The lowest BCUT2D eigenvalue weighted by atomic mass is 10.2. The number of sulfone groups is 1. The molecule has 4 rings (SSSR count). The van der Waals surface area contributed by atoms with Crippen molar-refractivity contribution in [2.75, 3.05) is 28.8 Å². The molecule has 0 unspecified atom stereocenters. The van der Waals surface area contributed by atoms with Crippen LogP contribution < -0.4 is 4.90 Å². The Morgan fingerprint density at radius 2 is 2.10 bits per heavy atom. The van der Waals surface area contributed by atoms with Crippen molar-refractivity contribution in [3.8, 4) is 0 Å². The molecule has 0 aliphatic carbocycles. The number of carbonyl (C=O) groups excluding carboxylic acids is 1. The third-order valence-electron chi connectivity index (χ3n) is 5.10. The third kappa shape index (κ3) is 4.96. The highest BCUT2D eigenvalue weighted by Gasteiger charge is 2.35. The molecule has 2 aromatic rings. The first kappa shape index (κ1) is 20.3. The number of ether oxygens (including phenoxy) is 1. The van der Waals surface area contributed by atoms with Gasteiger partial charge in [-0.05, 0) is 41.8 Å². The van der Waals surface area contributed by atoms with Gasteiger partial charge in [-0.2, -0.15) is 0 Å². The van der Waals surface area contributed by atoms with Crippen molar-refractivity contribution >= 4 is 33.2 Å². The Hall–Kier alpha value is -1.98. The van der Waals surface area contributed by atoms with Gasteiger partial charge in [0.1, 0.15) is 0 Å². The molecule has 1 amide bonds. The summed E-state index contributed by atoms with van der Waals surface area (Å²) in [6.45, 7) is 1.32. The molecule has 2 atom stereocenters. The summed E-state index contributed by atoms with van der Waals surface area (Å²) in [5, 5.41) is 12.3. The number of hydrogen-bond acceptors (Lipinski definition) is 8. The molecule has 0 N–H and O–H groups in total. The zero-order valence-electron chi connectivity index (χ0n) is 15.9. The lowest BCUT2D eigenvalue weighted by Gasteiger charge is -2.28. The number of rotatable bonds is 7. The van der Waals surface area contributed by atoms with Crippen LogP contribution >= 0.6 is 11.8 Å². The number of tetrazole rings is 1. The van der Waals surface area contributed by atoms with Crippen LogP contribution in [0.25, 0.3) is 0 Å². The number of carbonyl (C=O) groups is 1. The molecule has 0 radical (unpaired) electrons. The van der Waals surface area contributed by atoms with E-state index in [0.29, 0.717) is 23.8 Å². The SMILES string of the molecule is O=C(CSc1nnnn1C[C@@H]1CCCO1)N(c1ccccc1)[C@@H]1CCS(=O)(=O)C1. The summed E-state index contributed by atoms with van der Waals surface area (Å²) in [5.41, 5.74) is 0.708. The van der Waals surface area contributed by atoms with Crippen LogP contribution in [-0.4, -0.2) is 70.5 Å². The van der Waals surface area contributed by atoms with Crippen LogP contribution in [0.5, 0.6) is 0 Å². The average molecular weight is 438 g/mol. The predicted molar refractivity (Wildman–Crippen MR) is 109 cm³/mol. The van der Waals surface area contributed by atoms with Crippen LogP contribution in [0.1, 0.15) is 19.3 Å². The van der Waals surface area contributed by atoms with Gasteiger partial charge >= 0.3 is 0 Å². The molecule has 29 heavy (non-hydrogen) atoms. The molecule has 0 bridgehead atoms. The van der Waals surface area contributed by atoms with Gasteiger partial charge in [0.15, 0.2) is 9.84 Å². The normalized spacial score (nSPS) is 23.3. The van der Waals surface area contributed by atoms with Crippen LogP contribution in [0.2, 0.25) is 0 Å². The smallest absolute Gasteiger partial charge is 0.237 e. The molecule has 0 saturated carbocycles. The van der Waals surface area contributed by atoms with Gasteiger partial charge in [0.05, 0.1) is 35.9 Å². The highest BCUT2D eigenvalue weighted by atomic mass is 32.2. The zero-order valence-corrected chi connectivity index (χ0v) is 17.5. The minimum Gasteiger partial charge on any atom is -0.376 e. The van der Waals surface area contributed by atoms with Gasteiger partial charge in [0.2, 0.25) is 11.1 Å². The van der Waals surface area contributed by atoms with Crippen LogP contribution in [0.3, 0.4) is 0 Å². The fraction of sp³-hybridized carbons (Fsp3) is 0.556. The third-order valence-corrected chi connectivity index (χ3v) is 7.79. The molecule has 2 fully saturated rings. The molecular formula is C18H23N5O4S2. The van der Waals surface area contributed by atoms with Gasteiger partial charge in [-0.15, -0.1) is 5.10 Å². The Balaban J connectivity index is 1.46. The molecule has 2 saturated heterocycles. The highest BCUT2D eigenvalue weighted by molar-refractivity contribution is 7.99. The number of hydrogen-bond donors (Lipinski definition) is 0. The van der Waals surface area contributed by atoms with Crippen molar-refractivity contribution in [2.24, 2.45) is 0 Å². The highest BCUT2D eigenvalue weighted by Crippen LogP contribution is 2.26. The quantitative estimate of drug-likeness (QED) is 0.594. The van der Waals surface area contributed by atoms with E-state index in [4.69, 9.17) is 4.74 Å². The second-order valence-corrected chi connectivity index (χ2v) is 10.4. The largest absolute Gasteiger partial charge is 0.376 e. The Morgan fingerprint density at radius 3 is 2.79 bits per heavy atom. The Bertz CT molecular complexity index is 944. The number of anilines is 1. The molecule has 2 aliphatic rings. The summed E-state index contributed by atoms with van der Waals surface area (Å²) >= 11 is 1.26. The summed E-state index contributed by atoms with van der Waals surface area (Å²) in [6, 6.07) is 8.86. The maximum atomic E-state index is 13.1. The first-order chi connectivity index (χ1) is 14.0. The Labute approximate surface area is 173 Å². The molecule has 2 aliphatic heterocycles. The van der Waals surface area contributed by atoms with Crippen LogP contribution in [0.15, 0.2) is 35.5 Å². The molecular weight excluding hydrogens is 414 g/mol. The van der Waals surface area contributed by atoms with E-state index in [1.54, 1.807) is 9.58 Å². The number of para-hydroxylation sites is 1.